The molecule has 1 aliphatic heterocycles. The van der Waals surface area contributed by atoms with E-state index in [2.05, 4.69) is 21.9 Å². The molecule has 3 nitrogen and oxygen atoms in total. The normalized spacial score (nSPS) is 23.7. The highest BCUT2D eigenvalue weighted by Crippen LogP contribution is 2.01. The topological polar surface area (TPSA) is 36.8 Å². The molecule has 0 saturated heterocycles. The number of aliphatic imine (C=N–C) groups is 2. The van der Waals surface area contributed by atoms with Crippen LogP contribution in [0.1, 0.15) is 0 Å². The Morgan fingerprint density at radius 2 is 2.60 bits per heavy atom. The fourth-order valence-corrected chi connectivity index (χ4v) is 0.711. The monoisotopic (exact) mass is 135 g/mol. The molecular weight excluding hydrogens is 126 g/mol. The number of allylic oxidation sites excluding steroid dienone is 2. The molecule has 0 spiro atoms. The van der Waals surface area contributed by atoms with Crippen molar-refractivity contribution < 1.29 is 0 Å². The van der Waals surface area contributed by atoms with Crippen molar-refractivity contribution in [3.63, 3.8) is 0 Å². The molecule has 0 aromatic rings. The minimum Gasteiger partial charge on any atom is -0.330 e. The molecule has 10 heavy (non-hydrogen) atoms. The lowest BCUT2D eigenvalue weighted by molar-refractivity contribution is 1.33. The van der Waals surface area contributed by atoms with E-state index in [1.165, 1.54) is 0 Å². The van der Waals surface area contributed by atoms with E-state index < -0.39 is 0 Å². The molecule has 0 aromatic carbocycles. The maximum Gasteiger partial charge on any atom is 0.152 e. The van der Waals surface area contributed by atoms with Gasteiger partial charge in [-0.1, -0.05) is 12.7 Å². The molecule has 3 heteroatoms. The van der Waals surface area contributed by atoms with Gasteiger partial charge in [-0.25, -0.2) is 4.99 Å². The molecule has 1 heterocycles. The quantitative estimate of drug-likeness (QED) is 0.565. The zero-order chi connectivity index (χ0) is 7.40. The molecule has 0 bridgehead atoms. The van der Waals surface area contributed by atoms with Gasteiger partial charge in [-0.05, 0) is 6.08 Å². The maximum absolute atomic E-state index is 4.00. The summed E-state index contributed by atoms with van der Waals surface area (Å²) in [4.78, 5) is 7.95. The van der Waals surface area contributed by atoms with Gasteiger partial charge in [0.15, 0.2) is 5.84 Å². The Balaban J connectivity index is 2.86. The second-order valence-corrected chi connectivity index (χ2v) is 1.76. The lowest BCUT2D eigenvalue weighted by Crippen LogP contribution is -2.15. The smallest absolute Gasteiger partial charge is 0.152 e. The third-order valence-electron chi connectivity index (χ3n) is 1.15. The van der Waals surface area contributed by atoms with Gasteiger partial charge in [0.2, 0.25) is 0 Å². The van der Waals surface area contributed by atoms with E-state index in [0.717, 1.165) is 11.5 Å². The first-order valence-corrected chi connectivity index (χ1v) is 2.97. The van der Waals surface area contributed by atoms with E-state index >= 15 is 0 Å². The second kappa shape index (κ2) is 2.96. The lowest BCUT2D eigenvalue weighted by atomic mass is 10.4. The molecular formula is C7H9N3. The van der Waals surface area contributed by atoms with Crippen molar-refractivity contribution >= 4 is 12.2 Å². The van der Waals surface area contributed by atoms with Gasteiger partial charge < -0.3 is 5.32 Å². The van der Waals surface area contributed by atoms with E-state index in [4.69, 9.17) is 0 Å². The number of rotatable bonds is 1. The molecule has 52 valence electrons. The number of amidine groups is 1. The summed E-state index contributed by atoms with van der Waals surface area (Å²) in [5, 5.41) is 2.88. The Bertz CT molecular complexity index is 223. The minimum atomic E-state index is 0.792. The zero-order valence-electron chi connectivity index (χ0n) is 5.83. The Labute approximate surface area is 59.9 Å². The second-order valence-electron chi connectivity index (χ2n) is 1.76. The van der Waals surface area contributed by atoms with Crippen LogP contribution in [0, 0.1) is 0 Å². The van der Waals surface area contributed by atoms with Gasteiger partial charge >= 0.3 is 0 Å². The first kappa shape index (κ1) is 6.74. The zero-order valence-corrected chi connectivity index (χ0v) is 5.83. The predicted octanol–water partition coefficient (Wildman–Crippen LogP) is 0.716. The fourth-order valence-electron chi connectivity index (χ4n) is 0.711. The minimum absolute atomic E-state index is 0.792. The molecule has 0 radical (unpaired) electrons. The molecule has 0 aromatic heterocycles. The highest BCUT2D eigenvalue weighted by atomic mass is 15.1. The van der Waals surface area contributed by atoms with Crippen molar-refractivity contribution in [2.75, 3.05) is 7.05 Å². The van der Waals surface area contributed by atoms with Crippen LogP contribution >= 0.6 is 0 Å². The first-order valence-electron chi connectivity index (χ1n) is 2.97. The largest absolute Gasteiger partial charge is 0.330 e. The molecule has 1 N–H and O–H groups in total. The van der Waals surface area contributed by atoms with E-state index in [0.29, 0.717) is 0 Å². The Hall–Kier alpha value is -1.38. The van der Waals surface area contributed by atoms with Gasteiger partial charge in [-0.2, -0.15) is 0 Å². The molecule has 1 aliphatic rings. The van der Waals surface area contributed by atoms with Crippen LogP contribution in [0.15, 0.2) is 34.4 Å². The van der Waals surface area contributed by atoms with Gasteiger partial charge in [0.1, 0.15) is 5.70 Å². The molecule has 0 unspecified atom stereocenters. The van der Waals surface area contributed by atoms with E-state index in [1.54, 1.807) is 25.5 Å². The van der Waals surface area contributed by atoms with Gasteiger partial charge in [0, 0.05) is 7.05 Å². The summed E-state index contributed by atoms with van der Waals surface area (Å²) in [5.41, 5.74) is 0.831. The highest BCUT2D eigenvalue weighted by molar-refractivity contribution is 6.08. The van der Waals surface area contributed by atoms with Crippen molar-refractivity contribution in [1.82, 2.24) is 5.32 Å². The van der Waals surface area contributed by atoms with E-state index in [9.17, 15) is 0 Å². The van der Waals surface area contributed by atoms with E-state index in [1.807, 2.05) is 0 Å². The Kier molecular flexibility index (Phi) is 1.99. The predicted molar refractivity (Wildman–Crippen MR) is 43.3 cm³/mol. The summed E-state index contributed by atoms with van der Waals surface area (Å²) in [6.07, 6.45) is 5.10. The summed E-state index contributed by atoms with van der Waals surface area (Å²) in [5.74, 6) is 0.792. The Morgan fingerprint density at radius 1 is 1.80 bits per heavy atom. The van der Waals surface area contributed by atoms with Crippen LogP contribution < -0.4 is 5.32 Å². The average molecular weight is 135 g/mol. The lowest BCUT2D eigenvalue weighted by Gasteiger charge is -1.92. The van der Waals surface area contributed by atoms with Gasteiger partial charge in [0.05, 0.1) is 6.34 Å². The summed E-state index contributed by atoms with van der Waals surface area (Å²) < 4.78 is 0. The summed E-state index contributed by atoms with van der Waals surface area (Å²) in [6, 6.07) is 0. The van der Waals surface area contributed by atoms with Crippen LogP contribution in [0.25, 0.3) is 0 Å². The number of nitrogens with zero attached hydrogens (tertiary/aromatic N) is 2. The SMILES string of the molecule is C=C/C=C1/N=CN/C1=N/C. The Morgan fingerprint density at radius 3 is 3.20 bits per heavy atom. The van der Waals surface area contributed by atoms with E-state index in [-0.39, 0.29) is 0 Å². The van der Waals surface area contributed by atoms with Crippen molar-refractivity contribution in [3.8, 4) is 0 Å². The number of nitrogens with one attached hydrogen (secondary N) is 1. The van der Waals surface area contributed by atoms with Crippen molar-refractivity contribution in [1.29, 1.82) is 0 Å². The molecule has 0 amide bonds. The first-order chi connectivity index (χ1) is 4.88. The molecule has 0 fully saturated rings. The van der Waals surface area contributed by atoms with Gasteiger partial charge in [0.25, 0.3) is 0 Å². The van der Waals surface area contributed by atoms with Crippen LogP contribution in [-0.2, 0) is 0 Å². The summed E-state index contributed by atoms with van der Waals surface area (Å²) >= 11 is 0. The van der Waals surface area contributed by atoms with Gasteiger partial charge in [-0.3, -0.25) is 4.99 Å². The summed E-state index contributed by atoms with van der Waals surface area (Å²) in [6.45, 7) is 3.56. The third-order valence-corrected chi connectivity index (χ3v) is 1.15. The number of hydrogen-bond donors (Lipinski definition) is 1. The van der Waals surface area contributed by atoms with Crippen LogP contribution in [0.2, 0.25) is 0 Å². The van der Waals surface area contributed by atoms with Gasteiger partial charge in [-0.15, -0.1) is 0 Å². The van der Waals surface area contributed by atoms with Crippen LogP contribution in [0.5, 0.6) is 0 Å². The highest BCUT2D eigenvalue weighted by Gasteiger charge is 2.06. The van der Waals surface area contributed by atoms with Crippen LogP contribution in [-0.4, -0.2) is 19.2 Å². The van der Waals surface area contributed by atoms with Crippen molar-refractivity contribution in [2.45, 2.75) is 0 Å². The fraction of sp³-hybridized carbons (Fsp3) is 0.143. The van der Waals surface area contributed by atoms with Crippen LogP contribution in [0.4, 0.5) is 0 Å². The maximum atomic E-state index is 4.00. The molecule has 0 atom stereocenters. The third kappa shape index (κ3) is 1.13. The van der Waals surface area contributed by atoms with Crippen molar-refractivity contribution in [2.24, 2.45) is 9.98 Å². The standard InChI is InChI=1S/C7H9N3/c1-3-4-6-7(8-2)10-5-9-6/h3-5H,1H2,2H3,(H,8,9,10)/b6-4+. The average Bonchev–Trinajstić information content (AvgIpc) is 2.36. The molecule has 0 aliphatic carbocycles. The molecule has 1 rings (SSSR count). The summed E-state index contributed by atoms with van der Waals surface area (Å²) in [7, 11) is 1.72. The van der Waals surface area contributed by atoms with Crippen LogP contribution in [0.3, 0.4) is 0 Å². The number of hydrogen-bond acceptors (Lipinski definition) is 2. The van der Waals surface area contributed by atoms with Crippen molar-refractivity contribution in [3.05, 3.63) is 24.4 Å². The molecule has 0 saturated carbocycles.